The lowest BCUT2D eigenvalue weighted by atomic mass is 10.2. The van der Waals surface area contributed by atoms with Crippen molar-refractivity contribution < 1.29 is 8.42 Å². The highest BCUT2D eigenvalue weighted by atomic mass is 32.2. The summed E-state index contributed by atoms with van der Waals surface area (Å²) in [7, 11) is -3.60. The SMILES string of the molecule is Cc1ncc(S(=O)(=O)Nc2ccc(CNC3CC3)cc2)[nH]1. The minimum Gasteiger partial charge on any atom is -0.332 e. The molecule has 3 N–H and O–H groups in total. The van der Waals surface area contributed by atoms with E-state index in [0.29, 0.717) is 17.6 Å². The Morgan fingerprint density at radius 2 is 2.00 bits per heavy atom. The Morgan fingerprint density at radius 1 is 1.29 bits per heavy atom. The molecule has 1 aromatic carbocycles. The first kappa shape index (κ1) is 14.1. The van der Waals surface area contributed by atoms with Crippen LogP contribution in [0.25, 0.3) is 0 Å². The monoisotopic (exact) mass is 306 g/mol. The third kappa shape index (κ3) is 3.62. The van der Waals surface area contributed by atoms with Gasteiger partial charge in [0.05, 0.1) is 6.20 Å². The number of H-pyrrole nitrogens is 1. The zero-order valence-electron chi connectivity index (χ0n) is 11.8. The van der Waals surface area contributed by atoms with Gasteiger partial charge in [-0.25, -0.2) is 4.98 Å². The molecule has 0 bridgehead atoms. The predicted octanol–water partition coefficient (Wildman–Crippen LogP) is 1.77. The maximum atomic E-state index is 12.1. The van der Waals surface area contributed by atoms with Crippen LogP contribution >= 0.6 is 0 Å². The lowest BCUT2D eigenvalue weighted by Gasteiger charge is -2.08. The summed E-state index contributed by atoms with van der Waals surface area (Å²) in [5, 5.41) is 3.49. The van der Waals surface area contributed by atoms with Crippen molar-refractivity contribution in [3.8, 4) is 0 Å². The minimum atomic E-state index is -3.60. The second-order valence-corrected chi connectivity index (χ2v) is 6.94. The molecule has 0 aliphatic heterocycles. The van der Waals surface area contributed by atoms with E-state index in [1.54, 1.807) is 19.1 Å². The Morgan fingerprint density at radius 3 is 2.57 bits per heavy atom. The van der Waals surface area contributed by atoms with Gasteiger partial charge in [0.1, 0.15) is 5.82 Å². The minimum absolute atomic E-state index is 0.0690. The van der Waals surface area contributed by atoms with Gasteiger partial charge >= 0.3 is 0 Å². The molecular formula is C14H18N4O2S. The van der Waals surface area contributed by atoms with E-state index in [0.717, 1.165) is 12.1 Å². The van der Waals surface area contributed by atoms with Crippen molar-refractivity contribution in [1.29, 1.82) is 0 Å². The number of aromatic nitrogens is 2. The van der Waals surface area contributed by atoms with Gasteiger partial charge in [0.2, 0.25) is 0 Å². The maximum absolute atomic E-state index is 12.1. The van der Waals surface area contributed by atoms with Crippen LogP contribution in [-0.4, -0.2) is 24.4 Å². The molecule has 0 radical (unpaired) electrons. The smallest absolute Gasteiger partial charge is 0.278 e. The molecule has 1 saturated carbocycles. The van der Waals surface area contributed by atoms with Crippen LogP contribution in [0.5, 0.6) is 0 Å². The molecule has 0 atom stereocenters. The van der Waals surface area contributed by atoms with Crippen LogP contribution in [0.3, 0.4) is 0 Å². The number of anilines is 1. The summed E-state index contributed by atoms with van der Waals surface area (Å²) in [6, 6.07) is 8.04. The van der Waals surface area contributed by atoms with Crippen LogP contribution in [0.1, 0.15) is 24.2 Å². The standard InChI is InChI=1S/C14H18N4O2S/c1-10-15-9-14(17-10)21(19,20)18-13-4-2-11(3-5-13)8-16-12-6-7-12/h2-5,9,12,16,18H,6-8H2,1H3,(H,15,17). The molecule has 1 fully saturated rings. The van der Waals surface area contributed by atoms with Crippen molar-refractivity contribution in [2.45, 2.75) is 37.4 Å². The third-order valence-corrected chi connectivity index (χ3v) is 4.64. The third-order valence-electron chi connectivity index (χ3n) is 3.35. The number of rotatable bonds is 6. The highest BCUT2D eigenvalue weighted by Crippen LogP contribution is 2.20. The molecule has 7 heteroatoms. The Balaban J connectivity index is 1.66. The van der Waals surface area contributed by atoms with Gasteiger partial charge in [-0.3, -0.25) is 4.72 Å². The molecular weight excluding hydrogens is 288 g/mol. The first-order valence-electron chi connectivity index (χ1n) is 6.90. The largest absolute Gasteiger partial charge is 0.332 e. The second kappa shape index (κ2) is 5.50. The van der Waals surface area contributed by atoms with E-state index in [1.807, 2.05) is 12.1 Å². The van der Waals surface area contributed by atoms with Crippen molar-refractivity contribution in [1.82, 2.24) is 15.3 Å². The van der Waals surface area contributed by atoms with Crippen molar-refractivity contribution in [2.75, 3.05) is 4.72 Å². The molecule has 1 aliphatic rings. The number of sulfonamides is 1. The van der Waals surface area contributed by atoms with Crippen LogP contribution in [0.4, 0.5) is 5.69 Å². The zero-order valence-corrected chi connectivity index (χ0v) is 12.6. The van der Waals surface area contributed by atoms with Gasteiger partial charge in [-0.05, 0) is 37.5 Å². The van der Waals surface area contributed by atoms with Crippen LogP contribution in [-0.2, 0) is 16.6 Å². The predicted molar refractivity (Wildman–Crippen MR) is 80.4 cm³/mol. The van der Waals surface area contributed by atoms with Crippen LogP contribution in [0.2, 0.25) is 0 Å². The van der Waals surface area contributed by atoms with E-state index in [-0.39, 0.29) is 5.03 Å². The molecule has 6 nitrogen and oxygen atoms in total. The highest BCUT2D eigenvalue weighted by Gasteiger charge is 2.20. The average molecular weight is 306 g/mol. The molecule has 0 spiro atoms. The molecule has 2 aromatic rings. The molecule has 0 unspecified atom stereocenters. The number of aromatic amines is 1. The average Bonchev–Trinajstić information content (AvgIpc) is 3.17. The Labute approximate surface area is 124 Å². The normalized spacial score (nSPS) is 15.1. The van der Waals surface area contributed by atoms with Crippen LogP contribution in [0.15, 0.2) is 35.5 Å². The Bertz CT molecular complexity index is 718. The first-order valence-corrected chi connectivity index (χ1v) is 8.38. The molecule has 1 aliphatic carbocycles. The number of nitrogens with one attached hydrogen (secondary N) is 3. The summed E-state index contributed by atoms with van der Waals surface area (Å²) < 4.78 is 26.8. The van der Waals surface area contributed by atoms with Gasteiger partial charge in [-0.15, -0.1) is 0 Å². The quantitative estimate of drug-likeness (QED) is 0.759. The Hall–Kier alpha value is -1.86. The molecule has 0 saturated heterocycles. The van der Waals surface area contributed by atoms with E-state index in [2.05, 4.69) is 20.0 Å². The summed E-state index contributed by atoms with van der Waals surface area (Å²) >= 11 is 0. The number of imidazole rings is 1. The summed E-state index contributed by atoms with van der Waals surface area (Å²) in [6.07, 6.45) is 3.81. The van der Waals surface area contributed by atoms with E-state index < -0.39 is 10.0 Å². The van der Waals surface area contributed by atoms with Crippen LogP contribution in [0, 0.1) is 6.92 Å². The number of nitrogens with zero attached hydrogens (tertiary/aromatic N) is 1. The van der Waals surface area contributed by atoms with Gasteiger partial charge < -0.3 is 10.3 Å². The van der Waals surface area contributed by atoms with Gasteiger partial charge in [-0.1, -0.05) is 12.1 Å². The van der Waals surface area contributed by atoms with E-state index in [9.17, 15) is 8.42 Å². The fraction of sp³-hybridized carbons (Fsp3) is 0.357. The van der Waals surface area contributed by atoms with Crippen molar-refractivity contribution in [2.24, 2.45) is 0 Å². The molecule has 1 aromatic heterocycles. The highest BCUT2D eigenvalue weighted by molar-refractivity contribution is 7.92. The molecule has 1 heterocycles. The van der Waals surface area contributed by atoms with Gasteiger partial charge in [-0.2, -0.15) is 8.42 Å². The van der Waals surface area contributed by atoms with Crippen molar-refractivity contribution in [3.63, 3.8) is 0 Å². The number of aryl methyl sites for hydroxylation is 1. The van der Waals surface area contributed by atoms with E-state index >= 15 is 0 Å². The zero-order chi connectivity index (χ0) is 14.9. The number of benzene rings is 1. The second-order valence-electron chi connectivity index (χ2n) is 5.29. The fourth-order valence-corrected chi connectivity index (χ4v) is 3.02. The number of hydrogen-bond acceptors (Lipinski definition) is 4. The fourth-order valence-electron chi connectivity index (χ4n) is 1.99. The van der Waals surface area contributed by atoms with Crippen molar-refractivity contribution in [3.05, 3.63) is 41.9 Å². The van der Waals surface area contributed by atoms with Crippen molar-refractivity contribution >= 4 is 15.7 Å². The summed E-state index contributed by atoms with van der Waals surface area (Å²) in [5.41, 5.74) is 1.68. The van der Waals surface area contributed by atoms with E-state index in [4.69, 9.17) is 0 Å². The van der Waals surface area contributed by atoms with E-state index in [1.165, 1.54) is 19.0 Å². The molecule has 0 amide bonds. The molecule has 21 heavy (non-hydrogen) atoms. The summed E-state index contributed by atoms with van der Waals surface area (Å²) in [5.74, 6) is 0.567. The topological polar surface area (TPSA) is 86.9 Å². The maximum Gasteiger partial charge on any atom is 0.278 e. The summed E-state index contributed by atoms with van der Waals surface area (Å²) in [4.78, 5) is 6.62. The lowest BCUT2D eigenvalue weighted by Crippen LogP contribution is -2.15. The lowest BCUT2D eigenvalue weighted by molar-refractivity contribution is 0.598. The molecule has 3 rings (SSSR count). The number of hydrogen-bond donors (Lipinski definition) is 3. The summed E-state index contributed by atoms with van der Waals surface area (Å²) in [6.45, 7) is 2.53. The van der Waals surface area contributed by atoms with Crippen LogP contribution < -0.4 is 10.0 Å². The van der Waals surface area contributed by atoms with Gasteiger partial charge in [0, 0.05) is 18.3 Å². The first-order chi connectivity index (χ1) is 10.0. The molecule has 112 valence electrons. The van der Waals surface area contributed by atoms with Gasteiger partial charge in [0.25, 0.3) is 10.0 Å². The van der Waals surface area contributed by atoms with Gasteiger partial charge in [0.15, 0.2) is 5.03 Å². The Kier molecular flexibility index (Phi) is 3.69.